The zero-order chi connectivity index (χ0) is 15.9. The van der Waals surface area contributed by atoms with Crippen molar-refractivity contribution in [3.63, 3.8) is 0 Å². The molecule has 22 heavy (non-hydrogen) atoms. The Morgan fingerprint density at radius 1 is 1.23 bits per heavy atom. The number of amides is 2. The predicted molar refractivity (Wildman–Crippen MR) is 87.7 cm³/mol. The third-order valence-corrected chi connectivity index (χ3v) is 4.39. The van der Waals surface area contributed by atoms with Crippen LogP contribution in [-0.4, -0.2) is 24.4 Å². The summed E-state index contributed by atoms with van der Waals surface area (Å²) in [6, 6.07) is 7.20. The molecule has 1 unspecified atom stereocenters. The van der Waals surface area contributed by atoms with E-state index in [0.717, 1.165) is 37.7 Å². The highest BCUT2D eigenvalue weighted by molar-refractivity contribution is 6.30. The summed E-state index contributed by atoms with van der Waals surface area (Å²) in [5, 5.41) is 6.46. The Morgan fingerprint density at radius 2 is 1.86 bits per heavy atom. The minimum atomic E-state index is -0.398. The van der Waals surface area contributed by atoms with Crippen molar-refractivity contribution in [2.75, 3.05) is 6.54 Å². The van der Waals surface area contributed by atoms with E-state index in [9.17, 15) is 9.59 Å². The molecule has 2 N–H and O–H groups in total. The molecule has 1 aliphatic carbocycles. The molecule has 0 heterocycles. The number of benzene rings is 1. The Labute approximate surface area is 136 Å². The van der Waals surface area contributed by atoms with Crippen molar-refractivity contribution in [3.8, 4) is 0 Å². The van der Waals surface area contributed by atoms with E-state index in [1.165, 1.54) is 6.92 Å². The molecule has 5 heteroatoms. The second kappa shape index (κ2) is 8.18. The van der Waals surface area contributed by atoms with Gasteiger partial charge in [-0.05, 0) is 42.9 Å². The molecule has 1 aromatic carbocycles. The van der Waals surface area contributed by atoms with E-state index in [-0.39, 0.29) is 17.7 Å². The smallest absolute Gasteiger partial charge is 0.242 e. The summed E-state index contributed by atoms with van der Waals surface area (Å²) < 4.78 is 0. The summed E-state index contributed by atoms with van der Waals surface area (Å²) in [6.45, 7) is 2.02. The molecule has 1 atom stereocenters. The maximum atomic E-state index is 12.4. The molecule has 2 amide bonds. The van der Waals surface area contributed by atoms with Crippen LogP contribution in [0.1, 0.15) is 38.2 Å². The molecule has 4 nitrogen and oxygen atoms in total. The number of hydrogen-bond acceptors (Lipinski definition) is 2. The van der Waals surface area contributed by atoms with Gasteiger partial charge in [0.15, 0.2) is 0 Å². The second-order valence-electron chi connectivity index (χ2n) is 5.89. The van der Waals surface area contributed by atoms with Crippen molar-refractivity contribution >= 4 is 23.4 Å². The fourth-order valence-electron chi connectivity index (χ4n) is 3.00. The van der Waals surface area contributed by atoms with Gasteiger partial charge >= 0.3 is 0 Å². The third kappa shape index (κ3) is 5.02. The van der Waals surface area contributed by atoms with Crippen molar-refractivity contribution in [2.45, 2.75) is 45.1 Å². The first-order chi connectivity index (χ1) is 10.6. The van der Waals surface area contributed by atoms with Gasteiger partial charge in [-0.3, -0.25) is 9.59 Å². The van der Waals surface area contributed by atoms with Gasteiger partial charge in [-0.2, -0.15) is 0 Å². The minimum absolute atomic E-state index is 0.0731. The third-order valence-electron chi connectivity index (χ3n) is 4.14. The van der Waals surface area contributed by atoms with Gasteiger partial charge in [0.25, 0.3) is 0 Å². The molecule has 0 saturated heterocycles. The van der Waals surface area contributed by atoms with Crippen LogP contribution in [0.3, 0.4) is 0 Å². The lowest BCUT2D eigenvalue weighted by Crippen LogP contribution is -2.50. The minimum Gasteiger partial charge on any atom is -0.354 e. The normalized spacial score (nSPS) is 16.3. The molecule has 0 aromatic heterocycles. The Balaban J connectivity index is 1.84. The van der Waals surface area contributed by atoms with Crippen LogP contribution >= 0.6 is 11.6 Å². The standard InChI is InChI=1S/C17H23ClN2O2/c1-12(21)20-16(14-4-2-3-5-14)17(22)19-11-10-13-6-8-15(18)9-7-13/h6-9,14,16H,2-5,10-11H2,1H3,(H,19,22)(H,20,21). The predicted octanol–water partition coefficient (Wildman–Crippen LogP) is 2.69. The molecular formula is C17H23ClN2O2. The van der Waals surface area contributed by atoms with Crippen LogP contribution in [-0.2, 0) is 16.0 Å². The van der Waals surface area contributed by atoms with E-state index < -0.39 is 6.04 Å². The van der Waals surface area contributed by atoms with Crippen LogP contribution in [0, 0.1) is 5.92 Å². The quantitative estimate of drug-likeness (QED) is 0.846. The Hall–Kier alpha value is -1.55. The van der Waals surface area contributed by atoms with Gasteiger partial charge in [0.2, 0.25) is 11.8 Å². The molecule has 0 bridgehead atoms. The van der Waals surface area contributed by atoms with Crippen LogP contribution in [0.15, 0.2) is 24.3 Å². The molecule has 120 valence electrons. The van der Waals surface area contributed by atoms with Crippen LogP contribution in [0.5, 0.6) is 0 Å². The maximum absolute atomic E-state index is 12.4. The first kappa shape index (κ1) is 16.8. The van der Waals surface area contributed by atoms with Gasteiger partial charge in [0.1, 0.15) is 6.04 Å². The zero-order valence-corrected chi connectivity index (χ0v) is 13.7. The van der Waals surface area contributed by atoms with Gasteiger partial charge in [0.05, 0.1) is 0 Å². The fourth-order valence-corrected chi connectivity index (χ4v) is 3.12. The largest absolute Gasteiger partial charge is 0.354 e. The van der Waals surface area contributed by atoms with Crippen molar-refractivity contribution in [2.24, 2.45) is 5.92 Å². The van der Waals surface area contributed by atoms with Crippen molar-refractivity contribution < 1.29 is 9.59 Å². The Bertz CT molecular complexity index is 510. The maximum Gasteiger partial charge on any atom is 0.242 e. The van der Waals surface area contributed by atoms with Gasteiger partial charge in [0, 0.05) is 18.5 Å². The van der Waals surface area contributed by atoms with E-state index in [4.69, 9.17) is 11.6 Å². The summed E-state index contributed by atoms with van der Waals surface area (Å²) in [5.41, 5.74) is 1.13. The highest BCUT2D eigenvalue weighted by Gasteiger charge is 2.30. The van der Waals surface area contributed by atoms with Crippen LogP contribution in [0.2, 0.25) is 5.02 Å². The number of carbonyl (C=O) groups is 2. The summed E-state index contributed by atoms with van der Waals surface area (Å²) >= 11 is 5.85. The lowest BCUT2D eigenvalue weighted by molar-refractivity contribution is -0.129. The average molecular weight is 323 g/mol. The number of rotatable bonds is 6. The highest BCUT2D eigenvalue weighted by atomic mass is 35.5. The molecule has 1 fully saturated rings. The van der Waals surface area contributed by atoms with Gasteiger partial charge in [-0.15, -0.1) is 0 Å². The van der Waals surface area contributed by atoms with E-state index in [2.05, 4.69) is 10.6 Å². The summed E-state index contributed by atoms with van der Waals surface area (Å²) in [6.07, 6.45) is 5.04. The zero-order valence-electron chi connectivity index (χ0n) is 12.9. The molecular weight excluding hydrogens is 300 g/mol. The molecule has 1 aliphatic rings. The monoisotopic (exact) mass is 322 g/mol. The molecule has 2 rings (SSSR count). The van der Waals surface area contributed by atoms with Gasteiger partial charge < -0.3 is 10.6 Å². The van der Waals surface area contributed by atoms with E-state index in [1.807, 2.05) is 24.3 Å². The fraction of sp³-hybridized carbons (Fsp3) is 0.529. The first-order valence-corrected chi connectivity index (χ1v) is 8.23. The lowest BCUT2D eigenvalue weighted by Gasteiger charge is -2.23. The van der Waals surface area contributed by atoms with E-state index in [0.29, 0.717) is 11.6 Å². The topological polar surface area (TPSA) is 58.2 Å². The number of carbonyl (C=O) groups excluding carboxylic acids is 2. The average Bonchev–Trinajstić information content (AvgIpc) is 3.00. The molecule has 1 aromatic rings. The van der Waals surface area contributed by atoms with Gasteiger partial charge in [-0.1, -0.05) is 36.6 Å². The van der Waals surface area contributed by atoms with Crippen molar-refractivity contribution in [1.29, 1.82) is 0 Å². The Kier molecular flexibility index (Phi) is 6.25. The SMILES string of the molecule is CC(=O)NC(C(=O)NCCc1ccc(Cl)cc1)C1CCCC1. The molecule has 0 radical (unpaired) electrons. The molecule has 0 spiro atoms. The van der Waals surface area contributed by atoms with Crippen LogP contribution in [0.4, 0.5) is 0 Å². The summed E-state index contributed by atoms with van der Waals surface area (Å²) in [7, 11) is 0. The second-order valence-corrected chi connectivity index (χ2v) is 6.33. The first-order valence-electron chi connectivity index (χ1n) is 7.85. The molecule has 0 aliphatic heterocycles. The molecule has 1 saturated carbocycles. The van der Waals surface area contributed by atoms with Gasteiger partial charge in [-0.25, -0.2) is 0 Å². The summed E-state index contributed by atoms with van der Waals surface area (Å²) in [4.78, 5) is 23.7. The lowest BCUT2D eigenvalue weighted by atomic mass is 9.97. The van der Waals surface area contributed by atoms with E-state index >= 15 is 0 Å². The highest BCUT2D eigenvalue weighted by Crippen LogP contribution is 2.27. The number of nitrogens with one attached hydrogen (secondary N) is 2. The number of halogens is 1. The summed E-state index contributed by atoms with van der Waals surface area (Å²) in [5.74, 6) is 0.0419. The Morgan fingerprint density at radius 3 is 2.45 bits per heavy atom. The van der Waals surface area contributed by atoms with Crippen LogP contribution in [0.25, 0.3) is 0 Å². The number of hydrogen-bond donors (Lipinski definition) is 2. The van der Waals surface area contributed by atoms with Crippen LogP contribution < -0.4 is 10.6 Å². The van der Waals surface area contributed by atoms with Crippen molar-refractivity contribution in [3.05, 3.63) is 34.9 Å². The van der Waals surface area contributed by atoms with Crippen molar-refractivity contribution in [1.82, 2.24) is 10.6 Å². The van der Waals surface area contributed by atoms with E-state index in [1.54, 1.807) is 0 Å².